The topological polar surface area (TPSA) is 63.7 Å². The van der Waals surface area contributed by atoms with Crippen LogP contribution in [0.25, 0.3) is 0 Å². The van der Waals surface area contributed by atoms with E-state index >= 15 is 0 Å². The highest BCUT2D eigenvalue weighted by Crippen LogP contribution is 2.32. The molecule has 4 aromatic carbocycles. The van der Waals surface area contributed by atoms with Gasteiger partial charge in [0.15, 0.2) is 0 Å². The summed E-state index contributed by atoms with van der Waals surface area (Å²) in [6.07, 6.45) is -3.97. The molecule has 1 atom stereocenters. The van der Waals surface area contributed by atoms with Crippen LogP contribution in [-0.4, -0.2) is 25.3 Å². The molecular formula is C32H30F3NO4S. The number of amides is 1. The summed E-state index contributed by atoms with van der Waals surface area (Å²) in [6.45, 7) is 4.25. The van der Waals surface area contributed by atoms with Crippen LogP contribution in [0.5, 0.6) is 5.75 Å². The number of nitrogens with zero attached hydrogens (tertiary/aromatic N) is 1. The lowest BCUT2D eigenvalue weighted by atomic mass is 9.89. The van der Waals surface area contributed by atoms with Gasteiger partial charge in [-0.05, 0) is 60.4 Å². The average Bonchev–Trinajstić information content (AvgIpc) is 2.97. The lowest BCUT2D eigenvalue weighted by Crippen LogP contribution is -2.41. The minimum absolute atomic E-state index is 0.0565. The number of carbonyl (C=O) groups is 1. The molecule has 0 saturated heterocycles. The average molecular weight is 582 g/mol. The molecule has 0 aliphatic heterocycles. The maximum atomic E-state index is 14.1. The molecule has 0 aromatic heterocycles. The Bertz CT molecular complexity index is 1520. The molecule has 0 aliphatic rings. The zero-order valence-corrected chi connectivity index (χ0v) is 23.4. The molecule has 4 aromatic rings. The number of halogens is 3. The molecule has 0 heterocycles. The van der Waals surface area contributed by atoms with Crippen LogP contribution in [0.15, 0.2) is 114 Å². The zero-order valence-electron chi connectivity index (χ0n) is 22.6. The first-order valence-electron chi connectivity index (χ1n) is 13.1. The Labute approximate surface area is 238 Å². The van der Waals surface area contributed by atoms with Crippen molar-refractivity contribution < 1.29 is 30.6 Å². The van der Waals surface area contributed by atoms with Crippen molar-refractivity contribution in [1.29, 1.82) is 0 Å². The lowest BCUT2D eigenvalue weighted by Gasteiger charge is -2.33. The van der Waals surface area contributed by atoms with E-state index in [-0.39, 0.29) is 24.2 Å². The molecule has 5 nitrogen and oxygen atoms in total. The summed E-state index contributed by atoms with van der Waals surface area (Å²) in [5.74, 6) is -0.630. The highest BCUT2D eigenvalue weighted by Gasteiger charge is 2.32. The second kappa shape index (κ2) is 12.6. The summed E-state index contributed by atoms with van der Waals surface area (Å²) < 4.78 is 69.6. The van der Waals surface area contributed by atoms with Gasteiger partial charge in [0.1, 0.15) is 10.6 Å². The van der Waals surface area contributed by atoms with E-state index in [0.717, 1.165) is 41.3 Å². The van der Waals surface area contributed by atoms with Crippen LogP contribution in [0.1, 0.15) is 48.4 Å². The normalized spacial score (nSPS) is 12.6. The first kappa shape index (κ1) is 29.9. The van der Waals surface area contributed by atoms with Crippen molar-refractivity contribution in [3.8, 4) is 5.75 Å². The van der Waals surface area contributed by atoms with Gasteiger partial charge in [0.05, 0.1) is 11.5 Å². The molecule has 0 fully saturated rings. The highest BCUT2D eigenvalue weighted by atomic mass is 32.2. The summed E-state index contributed by atoms with van der Waals surface area (Å²) in [7, 11) is -4.50. The molecule has 9 heteroatoms. The zero-order chi connectivity index (χ0) is 29.6. The van der Waals surface area contributed by atoms with Gasteiger partial charge in [-0.15, -0.1) is 0 Å². The van der Waals surface area contributed by atoms with E-state index in [9.17, 15) is 26.4 Å². The predicted octanol–water partition coefficient (Wildman–Crippen LogP) is 7.43. The van der Waals surface area contributed by atoms with Gasteiger partial charge in [0.2, 0.25) is 5.91 Å². The third-order valence-electron chi connectivity index (χ3n) is 6.85. The molecule has 0 radical (unpaired) electrons. The van der Waals surface area contributed by atoms with E-state index < -0.39 is 32.7 Å². The minimum Gasteiger partial charge on any atom is -0.379 e. The lowest BCUT2D eigenvalue weighted by molar-refractivity contribution is -0.137. The Hall–Kier alpha value is -4.11. The van der Waals surface area contributed by atoms with Crippen molar-refractivity contribution >= 4 is 16.0 Å². The van der Waals surface area contributed by atoms with Gasteiger partial charge in [0, 0.05) is 12.6 Å². The molecule has 0 bridgehead atoms. The molecular weight excluding hydrogens is 551 g/mol. The third kappa shape index (κ3) is 7.35. The van der Waals surface area contributed by atoms with Crippen LogP contribution in [-0.2, 0) is 27.6 Å². The van der Waals surface area contributed by atoms with Gasteiger partial charge in [-0.25, -0.2) is 0 Å². The van der Waals surface area contributed by atoms with Crippen molar-refractivity contribution in [2.24, 2.45) is 0 Å². The van der Waals surface area contributed by atoms with Crippen LogP contribution in [0.4, 0.5) is 13.2 Å². The quantitative estimate of drug-likeness (QED) is 0.183. The van der Waals surface area contributed by atoms with Crippen LogP contribution in [0, 0.1) is 0 Å². The van der Waals surface area contributed by atoms with Crippen LogP contribution in [0.3, 0.4) is 0 Å². The van der Waals surface area contributed by atoms with Gasteiger partial charge in [-0.3, -0.25) is 4.79 Å². The standard InChI is InChI=1S/C32H30F3NO4S/c1-3-23(2)36(31(37)30(25-11-6-4-7-12-25)26-13-8-5-9-14-26)22-24-17-19-28(20-18-24)40-41(38,39)29-16-10-15-27(21-29)32(33,34)35/h4-21,23,30H,3,22H2,1-2H3. The van der Waals surface area contributed by atoms with E-state index in [1.165, 1.54) is 12.1 Å². The van der Waals surface area contributed by atoms with E-state index in [2.05, 4.69) is 0 Å². The second-order valence-electron chi connectivity index (χ2n) is 9.68. The van der Waals surface area contributed by atoms with Crippen LogP contribution in [0.2, 0.25) is 0 Å². The molecule has 1 amide bonds. The Morgan fingerprint density at radius 3 is 1.90 bits per heavy atom. The summed E-state index contributed by atoms with van der Waals surface area (Å²) in [5, 5.41) is 0. The summed E-state index contributed by atoms with van der Waals surface area (Å²) >= 11 is 0. The van der Waals surface area contributed by atoms with Gasteiger partial charge in [-0.2, -0.15) is 21.6 Å². The van der Waals surface area contributed by atoms with Crippen molar-refractivity contribution in [1.82, 2.24) is 4.90 Å². The Kier molecular flexibility index (Phi) is 9.18. The Morgan fingerprint density at radius 1 is 0.829 bits per heavy atom. The number of carbonyl (C=O) groups excluding carboxylic acids is 1. The maximum Gasteiger partial charge on any atom is 0.416 e. The fraction of sp³-hybridized carbons (Fsp3) is 0.219. The maximum absolute atomic E-state index is 14.1. The molecule has 0 aliphatic carbocycles. The summed E-state index contributed by atoms with van der Waals surface area (Å²) in [5.41, 5.74) is 1.40. The molecule has 0 saturated carbocycles. The van der Waals surface area contributed by atoms with Gasteiger partial charge >= 0.3 is 16.3 Å². The van der Waals surface area contributed by atoms with Crippen molar-refractivity contribution in [3.05, 3.63) is 131 Å². The fourth-order valence-corrected chi connectivity index (χ4v) is 5.43. The van der Waals surface area contributed by atoms with Gasteiger partial charge in [0.25, 0.3) is 0 Å². The number of benzene rings is 4. The minimum atomic E-state index is -4.69. The first-order chi connectivity index (χ1) is 19.5. The molecule has 0 spiro atoms. The second-order valence-corrected chi connectivity index (χ2v) is 11.2. The van der Waals surface area contributed by atoms with E-state index in [4.69, 9.17) is 4.18 Å². The molecule has 1 unspecified atom stereocenters. The van der Waals surface area contributed by atoms with Crippen LogP contribution < -0.4 is 4.18 Å². The SMILES string of the molecule is CCC(C)N(Cc1ccc(OS(=O)(=O)c2cccc(C(F)(F)F)c2)cc1)C(=O)C(c1ccccc1)c1ccccc1. The number of hydrogen-bond donors (Lipinski definition) is 0. The highest BCUT2D eigenvalue weighted by molar-refractivity contribution is 7.87. The van der Waals surface area contributed by atoms with Gasteiger partial charge in [-0.1, -0.05) is 85.8 Å². The predicted molar refractivity (Wildman–Crippen MR) is 151 cm³/mol. The molecule has 4 rings (SSSR count). The number of rotatable bonds is 10. The van der Waals surface area contributed by atoms with Crippen molar-refractivity contribution in [2.75, 3.05) is 0 Å². The summed E-state index contributed by atoms with van der Waals surface area (Å²) in [6, 6.07) is 28.6. The molecule has 214 valence electrons. The molecule has 41 heavy (non-hydrogen) atoms. The number of hydrogen-bond acceptors (Lipinski definition) is 4. The summed E-state index contributed by atoms with van der Waals surface area (Å²) in [4.78, 5) is 15.3. The van der Waals surface area contributed by atoms with Crippen molar-refractivity contribution in [2.45, 2.75) is 49.8 Å². The van der Waals surface area contributed by atoms with E-state index in [1.54, 1.807) is 17.0 Å². The third-order valence-corrected chi connectivity index (χ3v) is 8.09. The van der Waals surface area contributed by atoms with Crippen LogP contribution >= 0.6 is 0 Å². The monoisotopic (exact) mass is 581 g/mol. The Morgan fingerprint density at radius 2 is 1.39 bits per heavy atom. The number of alkyl halides is 3. The van der Waals surface area contributed by atoms with E-state index in [0.29, 0.717) is 6.07 Å². The van der Waals surface area contributed by atoms with E-state index in [1.807, 2.05) is 74.5 Å². The fourth-order valence-electron chi connectivity index (χ4n) is 4.46. The molecule has 0 N–H and O–H groups in total. The smallest absolute Gasteiger partial charge is 0.379 e. The Balaban J connectivity index is 1.57. The van der Waals surface area contributed by atoms with Crippen molar-refractivity contribution in [3.63, 3.8) is 0 Å². The van der Waals surface area contributed by atoms with Gasteiger partial charge < -0.3 is 9.08 Å². The largest absolute Gasteiger partial charge is 0.416 e. The first-order valence-corrected chi connectivity index (χ1v) is 14.5.